The van der Waals surface area contributed by atoms with Gasteiger partial charge in [-0.3, -0.25) is 4.79 Å². The van der Waals surface area contributed by atoms with Crippen LogP contribution in [0.2, 0.25) is 0 Å². The molecule has 32 heavy (non-hydrogen) atoms. The fraction of sp³-hybridized carbons (Fsp3) is 0.148. The van der Waals surface area contributed by atoms with Crippen LogP contribution in [-0.2, 0) is 0 Å². The standard InChI is InChI=1S/C27H18BrN3O/c28-21-12-6-5-11-20(21)25-24(26(32)19-9-2-1-3-10-19)23-15-14-18-8-4-7-13-22(18)31(23)27(25,16-29)17-30/h1-15,23-25H/t23-,24-,25-/m1/s1. The normalized spacial score (nSPS) is 22.3. The van der Waals surface area contributed by atoms with Crippen LogP contribution in [0.25, 0.3) is 6.08 Å². The second kappa shape index (κ2) is 7.79. The van der Waals surface area contributed by atoms with E-state index in [9.17, 15) is 15.3 Å². The van der Waals surface area contributed by atoms with Crippen molar-refractivity contribution in [1.82, 2.24) is 0 Å². The Hall–Kier alpha value is -3.67. The average molecular weight is 480 g/mol. The summed E-state index contributed by atoms with van der Waals surface area (Å²) in [5, 5.41) is 21.0. The molecular formula is C27H18BrN3O. The number of para-hydroxylation sites is 1. The lowest BCUT2D eigenvalue weighted by atomic mass is 9.72. The van der Waals surface area contributed by atoms with Crippen LogP contribution < -0.4 is 4.90 Å². The highest BCUT2D eigenvalue weighted by atomic mass is 79.9. The number of nitrogens with zero attached hydrogens (tertiary/aromatic N) is 3. The van der Waals surface area contributed by atoms with Crippen molar-refractivity contribution in [3.05, 3.63) is 106 Å². The summed E-state index contributed by atoms with van der Waals surface area (Å²) in [5.74, 6) is -1.33. The number of halogens is 1. The zero-order valence-electron chi connectivity index (χ0n) is 17.0. The molecule has 4 nitrogen and oxygen atoms in total. The van der Waals surface area contributed by atoms with Gasteiger partial charge in [-0.05, 0) is 23.3 Å². The fourth-order valence-electron chi connectivity index (χ4n) is 5.13. The summed E-state index contributed by atoms with van der Waals surface area (Å²) in [5.41, 5.74) is 1.53. The van der Waals surface area contributed by atoms with Crippen LogP contribution in [0, 0.1) is 28.6 Å². The number of carbonyl (C=O) groups excluding carboxylic acids is 1. The van der Waals surface area contributed by atoms with Crippen molar-refractivity contribution in [3.8, 4) is 12.1 Å². The Morgan fingerprint density at radius 3 is 2.28 bits per heavy atom. The van der Waals surface area contributed by atoms with E-state index in [4.69, 9.17) is 0 Å². The van der Waals surface area contributed by atoms with Crippen LogP contribution in [0.3, 0.4) is 0 Å². The van der Waals surface area contributed by atoms with E-state index in [0.29, 0.717) is 5.56 Å². The summed E-state index contributed by atoms with van der Waals surface area (Å²) in [6.07, 6.45) is 3.96. The molecule has 3 atom stereocenters. The second-order valence-electron chi connectivity index (χ2n) is 8.02. The average Bonchev–Trinajstić information content (AvgIpc) is 3.15. The molecule has 2 aliphatic rings. The smallest absolute Gasteiger partial charge is 0.223 e. The van der Waals surface area contributed by atoms with Gasteiger partial charge in [0.25, 0.3) is 0 Å². The number of ketones is 1. The Morgan fingerprint density at radius 2 is 1.56 bits per heavy atom. The van der Waals surface area contributed by atoms with Gasteiger partial charge in [0.15, 0.2) is 5.78 Å². The van der Waals surface area contributed by atoms with Crippen molar-refractivity contribution < 1.29 is 4.79 Å². The molecule has 0 radical (unpaired) electrons. The first-order valence-electron chi connectivity index (χ1n) is 10.3. The van der Waals surface area contributed by atoms with E-state index in [1.165, 1.54) is 0 Å². The molecule has 154 valence electrons. The number of anilines is 1. The van der Waals surface area contributed by atoms with Crippen molar-refractivity contribution in [3.63, 3.8) is 0 Å². The monoisotopic (exact) mass is 479 g/mol. The van der Waals surface area contributed by atoms with E-state index in [0.717, 1.165) is 21.3 Å². The number of rotatable bonds is 3. The molecule has 5 heteroatoms. The van der Waals surface area contributed by atoms with Gasteiger partial charge in [0.2, 0.25) is 5.54 Å². The third-order valence-electron chi connectivity index (χ3n) is 6.47. The van der Waals surface area contributed by atoms with E-state index in [1.54, 1.807) is 12.1 Å². The predicted molar refractivity (Wildman–Crippen MR) is 127 cm³/mol. The van der Waals surface area contributed by atoms with Gasteiger partial charge in [0.05, 0.1) is 12.0 Å². The van der Waals surface area contributed by atoms with Gasteiger partial charge in [0, 0.05) is 21.6 Å². The quantitative estimate of drug-likeness (QED) is 0.449. The molecule has 0 aliphatic carbocycles. The summed E-state index contributed by atoms with van der Waals surface area (Å²) < 4.78 is 0.780. The minimum absolute atomic E-state index is 0.0715. The molecule has 0 amide bonds. The molecule has 3 aromatic rings. The summed E-state index contributed by atoms with van der Waals surface area (Å²) in [7, 11) is 0. The van der Waals surface area contributed by atoms with Gasteiger partial charge >= 0.3 is 0 Å². The third-order valence-corrected chi connectivity index (χ3v) is 7.19. The molecule has 0 unspecified atom stereocenters. The summed E-state index contributed by atoms with van der Waals surface area (Å²) in [6.45, 7) is 0. The molecule has 0 bridgehead atoms. The maximum atomic E-state index is 13.9. The first-order chi connectivity index (χ1) is 15.6. The lowest BCUT2D eigenvalue weighted by Gasteiger charge is -2.37. The number of hydrogen-bond acceptors (Lipinski definition) is 4. The summed E-state index contributed by atoms with van der Waals surface area (Å²) in [4.78, 5) is 15.8. The molecular weight excluding hydrogens is 462 g/mol. The summed E-state index contributed by atoms with van der Waals surface area (Å²) in [6, 6.07) is 28.6. The molecule has 0 saturated carbocycles. The van der Waals surface area contributed by atoms with Crippen LogP contribution >= 0.6 is 15.9 Å². The molecule has 1 fully saturated rings. The van der Waals surface area contributed by atoms with Gasteiger partial charge in [-0.1, -0.05) is 94.8 Å². The third kappa shape index (κ3) is 2.83. The van der Waals surface area contributed by atoms with Crippen molar-refractivity contribution >= 4 is 33.5 Å². The first kappa shape index (κ1) is 20.2. The van der Waals surface area contributed by atoms with E-state index in [-0.39, 0.29) is 5.78 Å². The molecule has 3 aromatic carbocycles. The predicted octanol–water partition coefficient (Wildman–Crippen LogP) is 5.73. The fourth-order valence-corrected chi connectivity index (χ4v) is 5.66. The van der Waals surface area contributed by atoms with Crippen molar-refractivity contribution in [2.24, 2.45) is 5.92 Å². The Morgan fingerprint density at radius 1 is 0.906 bits per heavy atom. The number of hydrogen-bond donors (Lipinski definition) is 0. The van der Waals surface area contributed by atoms with Gasteiger partial charge in [-0.15, -0.1) is 0 Å². The SMILES string of the molecule is N#CC1(C#N)[C@H](c2ccccc2Br)[C@H](C(=O)c2ccccc2)[C@H]2C=Cc3ccccc3N21. The van der Waals surface area contributed by atoms with E-state index >= 15 is 0 Å². The first-order valence-corrected chi connectivity index (χ1v) is 11.1. The highest BCUT2D eigenvalue weighted by molar-refractivity contribution is 9.10. The van der Waals surface area contributed by atoms with Crippen LogP contribution in [0.15, 0.2) is 89.4 Å². The molecule has 2 aliphatic heterocycles. The zero-order valence-corrected chi connectivity index (χ0v) is 18.6. The van der Waals surface area contributed by atoms with Gasteiger partial charge in [-0.25, -0.2) is 0 Å². The molecule has 2 heterocycles. The Balaban J connectivity index is 1.80. The Labute approximate surface area is 195 Å². The minimum atomic E-state index is -1.55. The van der Waals surface area contributed by atoms with E-state index < -0.39 is 23.4 Å². The van der Waals surface area contributed by atoms with Crippen molar-refractivity contribution in [2.45, 2.75) is 17.5 Å². The molecule has 0 spiro atoms. The van der Waals surface area contributed by atoms with Crippen LogP contribution in [0.4, 0.5) is 5.69 Å². The number of benzene rings is 3. The van der Waals surface area contributed by atoms with Gasteiger partial charge in [-0.2, -0.15) is 10.5 Å². The van der Waals surface area contributed by atoms with Crippen LogP contribution in [0.1, 0.15) is 27.4 Å². The van der Waals surface area contributed by atoms with Crippen molar-refractivity contribution in [1.29, 1.82) is 10.5 Å². The Bertz CT molecular complexity index is 1300. The minimum Gasteiger partial charge on any atom is -0.333 e. The number of nitriles is 2. The zero-order chi connectivity index (χ0) is 22.3. The highest BCUT2D eigenvalue weighted by Gasteiger charge is 2.63. The van der Waals surface area contributed by atoms with E-state index in [2.05, 4.69) is 28.1 Å². The van der Waals surface area contributed by atoms with Crippen LogP contribution in [0.5, 0.6) is 0 Å². The lowest BCUT2D eigenvalue weighted by molar-refractivity contribution is 0.0906. The largest absolute Gasteiger partial charge is 0.333 e. The molecule has 1 saturated heterocycles. The summed E-state index contributed by atoms with van der Waals surface area (Å²) >= 11 is 3.61. The Kier molecular flexibility index (Phi) is 4.93. The van der Waals surface area contributed by atoms with Crippen LogP contribution in [-0.4, -0.2) is 17.4 Å². The second-order valence-corrected chi connectivity index (χ2v) is 8.88. The maximum Gasteiger partial charge on any atom is 0.223 e. The highest BCUT2D eigenvalue weighted by Crippen LogP contribution is 2.55. The number of Topliss-reactive ketones (excluding diaryl/α,β-unsaturated/α-hetero) is 1. The number of fused-ring (bicyclic) bond motifs is 3. The molecule has 5 rings (SSSR count). The topological polar surface area (TPSA) is 67.9 Å². The molecule has 0 N–H and O–H groups in total. The maximum absolute atomic E-state index is 13.9. The van der Waals surface area contributed by atoms with Gasteiger partial charge in [0.1, 0.15) is 12.1 Å². The number of carbonyl (C=O) groups is 1. The van der Waals surface area contributed by atoms with Crippen molar-refractivity contribution in [2.75, 3.05) is 4.90 Å². The van der Waals surface area contributed by atoms with E-state index in [1.807, 2.05) is 83.8 Å². The van der Waals surface area contributed by atoms with Gasteiger partial charge < -0.3 is 4.90 Å². The lowest BCUT2D eigenvalue weighted by Crippen LogP contribution is -2.48. The molecule has 0 aromatic heterocycles.